The van der Waals surface area contributed by atoms with Gasteiger partial charge in [-0.3, -0.25) is 0 Å². The van der Waals surface area contributed by atoms with Gasteiger partial charge in [0.05, 0.1) is 0 Å². The van der Waals surface area contributed by atoms with E-state index in [-0.39, 0.29) is 6.61 Å². The molecule has 1 nitrogen and oxygen atoms in total. The van der Waals surface area contributed by atoms with E-state index in [1.807, 2.05) is 12.1 Å². The third kappa shape index (κ3) is 4.61. The maximum atomic E-state index is 9.44. The van der Waals surface area contributed by atoms with Crippen molar-refractivity contribution in [2.75, 3.05) is 6.61 Å². The molecule has 92 valence electrons. The van der Waals surface area contributed by atoms with Gasteiger partial charge in [-0.25, -0.2) is 0 Å². The summed E-state index contributed by atoms with van der Waals surface area (Å²) in [5, 5.41) is 9.44. The zero-order valence-electron chi connectivity index (χ0n) is 9.82. The summed E-state index contributed by atoms with van der Waals surface area (Å²) < 4.78 is 3.97. The van der Waals surface area contributed by atoms with Gasteiger partial charge in [-0.1, -0.05) is 0 Å². The Kier molecular flexibility index (Phi) is 6.00. The first-order valence-electron chi connectivity index (χ1n) is 5.63. The molecule has 0 heterocycles. The van der Waals surface area contributed by atoms with Gasteiger partial charge in [-0.05, 0) is 0 Å². The molecule has 0 spiro atoms. The second-order valence-corrected chi connectivity index (χ2v) is 8.99. The summed E-state index contributed by atoms with van der Waals surface area (Å²) in [7, 11) is 0. The van der Waals surface area contributed by atoms with Gasteiger partial charge in [0.2, 0.25) is 0 Å². The van der Waals surface area contributed by atoms with E-state index in [1.165, 1.54) is 11.7 Å². The molecule has 0 saturated carbocycles. The van der Waals surface area contributed by atoms with E-state index in [4.69, 9.17) is 0 Å². The summed E-state index contributed by atoms with van der Waals surface area (Å²) in [5.41, 5.74) is 0. The van der Waals surface area contributed by atoms with Crippen LogP contribution in [0.15, 0.2) is 69.3 Å². The summed E-state index contributed by atoms with van der Waals surface area (Å²) in [6.45, 7) is 0.200. The number of aliphatic hydroxyl groups is 1. The molecule has 2 aromatic rings. The van der Waals surface area contributed by atoms with Crippen LogP contribution in [0, 0.1) is 0 Å². The van der Waals surface area contributed by atoms with Gasteiger partial charge in [0.25, 0.3) is 0 Å². The molecule has 2 aromatic carbocycles. The zero-order valence-corrected chi connectivity index (χ0v) is 13.9. The van der Waals surface area contributed by atoms with Crippen LogP contribution in [-0.2, 0) is 0 Å². The summed E-state index contributed by atoms with van der Waals surface area (Å²) in [6, 6.07) is 20.9. The fourth-order valence-corrected chi connectivity index (χ4v) is 6.16. The van der Waals surface area contributed by atoms with Crippen LogP contribution in [0.25, 0.3) is 0 Å². The van der Waals surface area contributed by atoms with Crippen molar-refractivity contribution >= 4 is 44.0 Å². The summed E-state index contributed by atoms with van der Waals surface area (Å²) in [4.78, 5) is 2.25. The van der Waals surface area contributed by atoms with Crippen molar-refractivity contribution in [1.29, 1.82) is 0 Å². The number of hydrogen-bond donors (Lipinski definition) is 1. The van der Waals surface area contributed by atoms with Crippen LogP contribution in [0.2, 0.25) is 0 Å². The second-order valence-electron chi connectivity index (χ2n) is 3.59. The first kappa shape index (κ1) is 13.9. The molecule has 0 aliphatic heterocycles. The van der Waals surface area contributed by atoms with Crippen LogP contribution in [0.4, 0.5) is 0 Å². The van der Waals surface area contributed by atoms with Crippen molar-refractivity contribution in [3.05, 3.63) is 69.3 Å². The number of aliphatic hydroxyl groups excluding tert-OH is 1. The first-order chi connectivity index (χ1) is 8.88. The predicted molar refractivity (Wildman–Crippen MR) is 78.8 cm³/mol. The normalized spacial score (nSPS) is 11.5. The van der Waals surface area contributed by atoms with Crippen LogP contribution >= 0.6 is 0 Å². The summed E-state index contributed by atoms with van der Waals surface area (Å²) in [5.74, 6) is 0. The van der Waals surface area contributed by atoms with Crippen LogP contribution in [0.3, 0.4) is 0 Å². The van der Waals surface area contributed by atoms with Crippen molar-refractivity contribution in [3.63, 3.8) is 0 Å². The second kappa shape index (κ2) is 7.79. The molecule has 0 aromatic heterocycles. The van der Waals surface area contributed by atoms with E-state index in [9.17, 15) is 5.11 Å². The average Bonchev–Trinajstić information content (AvgIpc) is 2.45. The third-order valence-electron chi connectivity index (χ3n) is 2.22. The zero-order chi connectivity index (χ0) is 12.6. The summed E-state index contributed by atoms with van der Waals surface area (Å²) in [6.07, 6.45) is 0. The molecular formula is C15H14OSeTe. The Labute approximate surface area is 124 Å². The van der Waals surface area contributed by atoms with E-state index in [2.05, 4.69) is 53.5 Å². The minimum atomic E-state index is -0.402. The van der Waals surface area contributed by atoms with Crippen LogP contribution in [-0.4, -0.2) is 47.6 Å². The molecule has 0 aliphatic carbocycles. The van der Waals surface area contributed by atoms with Gasteiger partial charge in [-0.2, -0.15) is 0 Å². The Morgan fingerprint density at radius 3 is 2.22 bits per heavy atom. The molecule has 1 N–H and O–H groups in total. The molecule has 0 saturated heterocycles. The fourth-order valence-electron chi connectivity index (χ4n) is 1.37. The van der Waals surface area contributed by atoms with Crippen LogP contribution < -0.4 is 8.07 Å². The van der Waals surface area contributed by atoms with Gasteiger partial charge in [0.1, 0.15) is 0 Å². The molecule has 2 rings (SSSR count). The van der Waals surface area contributed by atoms with Crippen LogP contribution in [0.1, 0.15) is 0 Å². The third-order valence-corrected chi connectivity index (χ3v) is 8.15. The minimum absolute atomic E-state index is 0.200. The molecule has 0 fully saturated rings. The Bertz CT molecular complexity index is 496. The molecule has 0 atom stereocenters. The average molecular weight is 417 g/mol. The Balaban J connectivity index is 2.00. The van der Waals surface area contributed by atoms with Gasteiger partial charge < -0.3 is 0 Å². The van der Waals surface area contributed by atoms with E-state index >= 15 is 0 Å². The Morgan fingerprint density at radius 1 is 1.00 bits per heavy atom. The van der Waals surface area contributed by atoms with Gasteiger partial charge >= 0.3 is 125 Å². The molecule has 0 bridgehead atoms. The number of hydrogen-bond acceptors (Lipinski definition) is 1. The maximum absolute atomic E-state index is 9.44. The van der Waals surface area contributed by atoms with Crippen molar-refractivity contribution in [2.45, 2.75) is 0 Å². The predicted octanol–water partition coefficient (Wildman–Crippen LogP) is 0.880. The molecule has 0 amide bonds. The molecule has 0 unspecified atom stereocenters. The Morgan fingerprint density at radius 2 is 1.61 bits per heavy atom. The van der Waals surface area contributed by atoms with Crippen molar-refractivity contribution in [1.82, 2.24) is 0 Å². The standard InChI is InChI=1S/C15H14OSeTe/c16-11-15(18-14-9-5-2-6-10-14)12-17-13-7-3-1-4-8-13/h1-10,12,16H,11H2/b15-12-. The molecule has 18 heavy (non-hydrogen) atoms. The number of benzene rings is 2. The quantitative estimate of drug-likeness (QED) is 0.718. The van der Waals surface area contributed by atoms with E-state index < -0.39 is 20.9 Å². The summed E-state index contributed by atoms with van der Waals surface area (Å²) >= 11 is -0.0695. The fraction of sp³-hybridized carbons (Fsp3) is 0.0667. The number of rotatable bonds is 5. The monoisotopic (exact) mass is 420 g/mol. The SMILES string of the molecule is OC/C(=C/[Se]c1ccccc1)[Te]c1ccccc1. The molecule has 3 heteroatoms. The van der Waals surface area contributed by atoms with Gasteiger partial charge in [0, 0.05) is 0 Å². The van der Waals surface area contributed by atoms with E-state index in [0.29, 0.717) is 15.0 Å². The van der Waals surface area contributed by atoms with Crippen LogP contribution in [0.5, 0.6) is 0 Å². The Hall–Kier alpha value is -0.551. The van der Waals surface area contributed by atoms with E-state index in [1.54, 1.807) is 0 Å². The first-order valence-corrected chi connectivity index (χ1v) is 9.80. The molecule has 0 aliphatic rings. The molecular weight excluding hydrogens is 403 g/mol. The topological polar surface area (TPSA) is 20.2 Å². The van der Waals surface area contributed by atoms with Crippen molar-refractivity contribution < 1.29 is 5.11 Å². The van der Waals surface area contributed by atoms with Gasteiger partial charge in [0.15, 0.2) is 0 Å². The van der Waals surface area contributed by atoms with Crippen molar-refractivity contribution in [2.24, 2.45) is 0 Å². The van der Waals surface area contributed by atoms with E-state index in [0.717, 1.165) is 0 Å². The van der Waals surface area contributed by atoms with Crippen molar-refractivity contribution in [3.8, 4) is 0 Å². The van der Waals surface area contributed by atoms with Gasteiger partial charge in [-0.15, -0.1) is 0 Å². The molecule has 0 radical (unpaired) electrons.